The first-order chi connectivity index (χ1) is 7.13. The summed E-state index contributed by atoms with van der Waals surface area (Å²) < 4.78 is 12.8. The zero-order valence-electron chi connectivity index (χ0n) is 8.88. The minimum atomic E-state index is -0.287. The third kappa shape index (κ3) is 3.54. The highest BCUT2D eigenvalue weighted by atomic mass is 19.1. The van der Waals surface area contributed by atoms with Crippen molar-refractivity contribution in [3.8, 4) is 0 Å². The topological polar surface area (TPSA) is 29.1 Å². The van der Waals surface area contributed by atoms with Crippen molar-refractivity contribution >= 4 is 5.91 Å². The standard InChI is InChI=1S/C12H14FNO/c1-3-9(2)12(15)14-8-10-5-4-6-11(13)7-10/h3-7H,8H2,1-2H3,(H,14,15)/b9-3+. The van der Waals surface area contributed by atoms with E-state index in [1.165, 1.54) is 12.1 Å². The highest BCUT2D eigenvalue weighted by molar-refractivity contribution is 5.92. The molecule has 1 aromatic carbocycles. The molecule has 0 radical (unpaired) electrons. The number of hydrogen-bond donors (Lipinski definition) is 1. The number of benzene rings is 1. The smallest absolute Gasteiger partial charge is 0.246 e. The molecule has 1 N–H and O–H groups in total. The Morgan fingerprint density at radius 1 is 1.53 bits per heavy atom. The summed E-state index contributed by atoms with van der Waals surface area (Å²) in [6.45, 7) is 3.89. The van der Waals surface area contributed by atoms with Gasteiger partial charge in [-0.2, -0.15) is 0 Å². The Morgan fingerprint density at radius 3 is 2.87 bits per heavy atom. The van der Waals surface area contributed by atoms with Crippen molar-refractivity contribution in [2.45, 2.75) is 20.4 Å². The van der Waals surface area contributed by atoms with Crippen molar-refractivity contribution in [1.82, 2.24) is 5.32 Å². The fourth-order valence-electron chi connectivity index (χ4n) is 1.10. The molecule has 0 bridgehead atoms. The van der Waals surface area contributed by atoms with Crippen molar-refractivity contribution in [3.05, 3.63) is 47.3 Å². The van der Waals surface area contributed by atoms with Crippen LogP contribution in [0.25, 0.3) is 0 Å². The van der Waals surface area contributed by atoms with Crippen LogP contribution < -0.4 is 5.32 Å². The number of carbonyl (C=O) groups is 1. The molecule has 1 amide bonds. The summed E-state index contributed by atoms with van der Waals surface area (Å²) in [6.07, 6.45) is 1.74. The van der Waals surface area contributed by atoms with Crippen LogP contribution in [0.15, 0.2) is 35.9 Å². The number of rotatable bonds is 3. The normalized spacial score (nSPS) is 11.3. The quantitative estimate of drug-likeness (QED) is 0.758. The van der Waals surface area contributed by atoms with E-state index in [-0.39, 0.29) is 11.7 Å². The van der Waals surface area contributed by atoms with Gasteiger partial charge in [-0.25, -0.2) is 4.39 Å². The van der Waals surface area contributed by atoms with Crippen molar-refractivity contribution < 1.29 is 9.18 Å². The monoisotopic (exact) mass is 207 g/mol. The van der Waals surface area contributed by atoms with Gasteiger partial charge in [-0.05, 0) is 31.5 Å². The van der Waals surface area contributed by atoms with Gasteiger partial charge >= 0.3 is 0 Å². The average Bonchev–Trinajstić information content (AvgIpc) is 2.25. The van der Waals surface area contributed by atoms with Gasteiger partial charge in [-0.3, -0.25) is 4.79 Å². The number of halogens is 1. The fourth-order valence-corrected chi connectivity index (χ4v) is 1.10. The van der Waals surface area contributed by atoms with Crippen LogP contribution in [-0.2, 0) is 11.3 Å². The van der Waals surface area contributed by atoms with Gasteiger partial charge in [-0.15, -0.1) is 0 Å². The Labute approximate surface area is 88.8 Å². The molecule has 1 rings (SSSR count). The number of carbonyl (C=O) groups excluding carboxylic acids is 1. The van der Waals surface area contributed by atoms with Gasteiger partial charge in [-0.1, -0.05) is 18.2 Å². The van der Waals surface area contributed by atoms with Crippen LogP contribution in [0.3, 0.4) is 0 Å². The second-order valence-corrected chi connectivity index (χ2v) is 3.28. The Hall–Kier alpha value is -1.64. The molecule has 80 valence electrons. The van der Waals surface area contributed by atoms with E-state index in [9.17, 15) is 9.18 Å². The molecule has 3 heteroatoms. The van der Waals surface area contributed by atoms with Crippen LogP contribution in [0.4, 0.5) is 4.39 Å². The largest absolute Gasteiger partial charge is 0.348 e. The maximum Gasteiger partial charge on any atom is 0.246 e. The molecule has 0 aliphatic rings. The van der Waals surface area contributed by atoms with Crippen LogP contribution in [0, 0.1) is 5.82 Å². The molecule has 0 saturated carbocycles. The van der Waals surface area contributed by atoms with Crippen LogP contribution in [0.1, 0.15) is 19.4 Å². The summed E-state index contributed by atoms with van der Waals surface area (Å²) >= 11 is 0. The third-order valence-corrected chi connectivity index (χ3v) is 2.13. The lowest BCUT2D eigenvalue weighted by atomic mass is 10.2. The van der Waals surface area contributed by atoms with Crippen molar-refractivity contribution in [2.24, 2.45) is 0 Å². The molecular weight excluding hydrogens is 193 g/mol. The van der Waals surface area contributed by atoms with Crippen molar-refractivity contribution in [2.75, 3.05) is 0 Å². The minimum Gasteiger partial charge on any atom is -0.348 e. The van der Waals surface area contributed by atoms with E-state index >= 15 is 0 Å². The number of allylic oxidation sites excluding steroid dienone is 1. The number of hydrogen-bond acceptors (Lipinski definition) is 1. The summed E-state index contributed by atoms with van der Waals surface area (Å²) in [4.78, 5) is 11.4. The van der Waals surface area contributed by atoms with E-state index in [1.807, 2.05) is 0 Å². The molecule has 0 saturated heterocycles. The van der Waals surface area contributed by atoms with E-state index in [0.29, 0.717) is 12.1 Å². The first kappa shape index (κ1) is 11.4. The zero-order valence-corrected chi connectivity index (χ0v) is 8.88. The van der Waals surface area contributed by atoms with E-state index in [0.717, 1.165) is 5.56 Å². The number of nitrogens with one attached hydrogen (secondary N) is 1. The molecule has 0 fully saturated rings. The predicted molar refractivity (Wildman–Crippen MR) is 57.7 cm³/mol. The molecule has 0 unspecified atom stereocenters. The second-order valence-electron chi connectivity index (χ2n) is 3.28. The van der Waals surface area contributed by atoms with Crippen LogP contribution in [-0.4, -0.2) is 5.91 Å². The van der Waals surface area contributed by atoms with Crippen molar-refractivity contribution in [1.29, 1.82) is 0 Å². The molecule has 0 aromatic heterocycles. The summed E-state index contributed by atoms with van der Waals surface area (Å²) in [6, 6.07) is 6.18. The van der Waals surface area contributed by atoms with Gasteiger partial charge in [0.2, 0.25) is 5.91 Å². The SMILES string of the molecule is C/C=C(\C)C(=O)NCc1cccc(F)c1. The van der Waals surface area contributed by atoms with Crippen LogP contribution >= 0.6 is 0 Å². The van der Waals surface area contributed by atoms with E-state index < -0.39 is 0 Å². The summed E-state index contributed by atoms with van der Waals surface area (Å²) in [5, 5.41) is 2.70. The summed E-state index contributed by atoms with van der Waals surface area (Å²) in [5.74, 6) is -0.411. The number of amides is 1. The molecule has 2 nitrogen and oxygen atoms in total. The second kappa shape index (κ2) is 5.29. The lowest BCUT2D eigenvalue weighted by molar-refractivity contribution is -0.117. The van der Waals surface area contributed by atoms with E-state index in [2.05, 4.69) is 5.32 Å². The molecule has 0 heterocycles. The minimum absolute atomic E-state index is 0.123. The van der Waals surface area contributed by atoms with Gasteiger partial charge < -0.3 is 5.32 Å². The lowest BCUT2D eigenvalue weighted by Crippen LogP contribution is -2.23. The first-order valence-corrected chi connectivity index (χ1v) is 4.79. The van der Waals surface area contributed by atoms with E-state index in [1.54, 1.807) is 32.1 Å². The van der Waals surface area contributed by atoms with Gasteiger partial charge in [0.25, 0.3) is 0 Å². The summed E-state index contributed by atoms with van der Waals surface area (Å²) in [5.41, 5.74) is 1.42. The van der Waals surface area contributed by atoms with Gasteiger partial charge in [0.15, 0.2) is 0 Å². The molecule has 1 aromatic rings. The van der Waals surface area contributed by atoms with Crippen molar-refractivity contribution in [3.63, 3.8) is 0 Å². The molecular formula is C12H14FNO. The molecule has 0 aliphatic heterocycles. The predicted octanol–water partition coefficient (Wildman–Crippen LogP) is 2.41. The van der Waals surface area contributed by atoms with Gasteiger partial charge in [0.05, 0.1) is 0 Å². The Morgan fingerprint density at radius 2 is 2.27 bits per heavy atom. The molecule has 15 heavy (non-hydrogen) atoms. The Kier molecular flexibility index (Phi) is 4.03. The average molecular weight is 207 g/mol. The maximum absolute atomic E-state index is 12.8. The first-order valence-electron chi connectivity index (χ1n) is 4.79. The fraction of sp³-hybridized carbons (Fsp3) is 0.250. The Bertz CT molecular complexity index is 385. The van der Waals surface area contributed by atoms with E-state index in [4.69, 9.17) is 0 Å². The van der Waals surface area contributed by atoms with Gasteiger partial charge in [0, 0.05) is 12.1 Å². The highest BCUT2D eigenvalue weighted by Crippen LogP contribution is 2.03. The molecule has 0 atom stereocenters. The highest BCUT2D eigenvalue weighted by Gasteiger charge is 2.02. The molecule has 0 aliphatic carbocycles. The molecule has 0 spiro atoms. The van der Waals surface area contributed by atoms with Gasteiger partial charge in [0.1, 0.15) is 5.82 Å². The maximum atomic E-state index is 12.8. The lowest BCUT2D eigenvalue weighted by Gasteiger charge is -2.05. The summed E-state index contributed by atoms with van der Waals surface area (Å²) in [7, 11) is 0. The Balaban J connectivity index is 2.54. The third-order valence-electron chi connectivity index (χ3n) is 2.13. The zero-order chi connectivity index (χ0) is 11.3. The van der Waals surface area contributed by atoms with Crippen LogP contribution in [0.5, 0.6) is 0 Å². The van der Waals surface area contributed by atoms with Crippen LogP contribution in [0.2, 0.25) is 0 Å².